The highest BCUT2D eigenvalue weighted by atomic mass is 16.1. The molecule has 0 amide bonds. The van der Waals surface area contributed by atoms with Crippen LogP contribution < -0.4 is 5.56 Å². The van der Waals surface area contributed by atoms with Crippen LogP contribution >= 0.6 is 0 Å². The normalized spacial score (nSPS) is 10.5. The number of aromatic amines is 1. The van der Waals surface area contributed by atoms with Gasteiger partial charge < -0.3 is 4.98 Å². The van der Waals surface area contributed by atoms with Crippen LogP contribution in [0.5, 0.6) is 0 Å². The number of carbonyl (C=O) groups is 1. The molecule has 1 N–H and O–H groups in total. The maximum absolute atomic E-state index is 11.5. The molecule has 1 aromatic carbocycles. The molecule has 0 fully saturated rings. The van der Waals surface area contributed by atoms with Crippen LogP contribution in [0.1, 0.15) is 12.6 Å². The molecule has 0 spiro atoms. The van der Waals surface area contributed by atoms with E-state index in [1.165, 1.54) is 6.92 Å². The van der Waals surface area contributed by atoms with E-state index in [1.54, 1.807) is 12.1 Å². The molecule has 0 aliphatic carbocycles. The van der Waals surface area contributed by atoms with Crippen molar-refractivity contribution >= 4 is 16.8 Å². The second-order valence-corrected chi connectivity index (χ2v) is 3.41. The Hall–Kier alpha value is -1.97. The predicted octanol–water partition coefficient (Wildman–Crippen LogP) is 1.05. The van der Waals surface area contributed by atoms with Crippen molar-refractivity contribution < 1.29 is 4.79 Å². The Labute approximate surface area is 86.0 Å². The van der Waals surface area contributed by atoms with Crippen LogP contribution in [0.3, 0.4) is 0 Å². The first kappa shape index (κ1) is 9.58. The summed E-state index contributed by atoms with van der Waals surface area (Å²) in [6, 6.07) is 7.24. The molecular formula is C11H10N2O2. The molecule has 4 nitrogen and oxygen atoms in total. The number of fused-ring (bicyclic) bond motifs is 1. The van der Waals surface area contributed by atoms with Crippen molar-refractivity contribution in [2.24, 2.45) is 0 Å². The number of carbonyl (C=O) groups excluding carboxylic acids is 1. The van der Waals surface area contributed by atoms with Crippen LogP contribution in [-0.2, 0) is 11.2 Å². The average Bonchev–Trinajstić information content (AvgIpc) is 2.18. The average molecular weight is 202 g/mol. The lowest BCUT2D eigenvalue weighted by Gasteiger charge is -1.99. The van der Waals surface area contributed by atoms with Crippen molar-refractivity contribution in [2.45, 2.75) is 13.3 Å². The van der Waals surface area contributed by atoms with Crippen LogP contribution in [0.15, 0.2) is 29.1 Å². The Morgan fingerprint density at radius 3 is 2.87 bits per heavy atom. The Kier molecular flexibility index (Phi) is 2.33. The molecule has 0 saturated carbocycles. The monoisotopic (exact) mass is 202 g/mol. The molecule has 4 heteroatoms. The summed E-state index contributed by atoms with van der Waals surface area (Å²) in [4.78, 5) is 29.3. The van der Waals surface area contributed by atoms with Crippen LogP contribution in [0.25, 0.3) is 11.0 Å². The molecule has 15 heavy (non-hydrogen) atoms. The van der Waals surface area contributed by atoms with Gasteiger partial charge in [-0.25, -0.2) is 4.98 Å². The Morgan fingerprint density at radius 2 is 2.13 bits per heavy atom. The molecule has 0 aliphatic heterocycles. The summed E-state index contributed by atoms with van der Waals surface area (Å²) in [5.74, 6) is -0.0664. The molecule has 0 bridgehead atoms. The van der Waals surface area contributed by atoms with Gasteiger partial charge in [0.15, 0.2) is 0 Å². The summed E-state index contributed by atoms with van der Waals surface area (Å²) in [6.45, 7) is 1.44. The lowest BCUT2D eigenvalue weighted by atomic mass is 10.2. The van der Waals surface area contributed by atoms with E-state index in [9.17, 15) is 9.59 Å². The van der Waals surface area contributed by atoms with Gasteiger partial charge >= 0.3 is 0 Å². The molecule has 0 aliphatic rings. The Balaban J connectivity index is 2.62. The molecule has 2 aromatic rings. The van der Waals surface area contributed by atoms with Crippen LogP contribution in [0.4, 0.5) is 0 Å². The molecule has 2 rings (SSSR count). The Bertz CT molecular complexity index is 572. The standard InChI is InChI=1S/C11H10N2O2/c1-7(14)6-10-11(15)13-9-5-3-2-4-8(9)12-10/h2-5H,6H2,1H3,(H,13,15). The zero-order chi connectivity index (χ0) is 10.8. The molecule has 1 heterocycles. The second-order valence-electron chi connectivity index (χ2n) is 3.41. The van der Waals surface area contributed by atoms with Gasteiger partial charge in [-0.3, -0.25) is 9.59 Å². The topological polar surface area (TPSA) is 62.8 Å². The summed E-state index contributed by atoms with van der Waals surface area (Å²) in [5.41, 5.74) is 1.38. The van der Waals surface area contributed by atoms with E-state index in [-0.39, 0.29) is 23.5 Å². The van der Waals surface area contributed by atoms with Gasteiger partial charge in [-0.2, -0.15) is 0 Å². The predicted molar refractivity (Wildman–Crippen MR) is 56.7 cm³/mol. The van der Waals surface area contributed by atoms with Gasteiger partial charge in [0.25, 0.3) is 5.56 Å². The molecule has 0 radical (unpaired) electrons. The number of benzene rings is 1. The maximum atomic E-state index is 11.5. The van der Waals surface area contributed by atoms with Gasteiger partial charge in [-0.1, -0.05) is 12.1 Å². The van der Waals surface area contributed by atoms with E-state index < -0.39 is 0 Å². The number of nitrogens with zero attached hydrogens (tertiary/aromatic N) is 1. The fourth-order valence-electron chi connectivity index (χ4n) is 1.42. The third kappa shape index (κ3) is 1.93. The number of ketones is 1. The number of hydrogen-bond acceptors (Lipinski definition) is 3. The largest absolute Gasteiger partial charge is 0.319 e. The highest BCUT2D eigenvalue weighted by molar-refractivity contribution is 5.79. The van der Waals surface area contributed by atoms with Crippen molar-refractivity contribution in [2.75, 3.05) is 0 Å². The van der Waals surface area contributed by atoms with Gasteiger partial charge in [0.1, 0.15) is 11.5 Å². The van der Waals surface area contributed by atoms with Gasteiger partial charge in [0, 0.05) is 0 Å². The highest BCUT2D eigenvalue weighted by Crippen LogP contribution is 2.06. The summed E-state index contributed by atoms with van der Waals surface area (Å²) in [7, 11) is 0. The third-order valence-corrected chi connectivity index (χ3v) is 2.09. The lowest BCUT2D eigenvalue weighted by molar-refractivity contribution is -0.116. The fraction of sp³-hybridized carbons (Fsp3) is 0.182. The zero-order valence-electron chi connectivity index (χ0n) is 8.28. The maximum Gasteiger partial charge on any atom is 0.270 e. The van der Waals surface area contributed by atoms with Gasteiger partial charge in [-0.05, 0) is 19.1 Å². The van der Waals surface area contributed by atoms with Gasteiger partial charge in [-0.15, -0.1) is 0 Å². The van der Waals surface area contributed by atoms with Crippen LogP contribution in [0.2, 0.25) is 0 Å². The second kappa shape index (κ2) is 3.65. The first-order chi connectivity index (χ1) is 7.16. The highest BCUT2D eigenvalue weighted by Gasteiger charge is 2.06. The van der Waals surface area contributed by atoms with E-state index in [0.717, 1.165) is 0 Å². The summed E-state index contributed by atoms with van der Waals surface area (Å²) in [6.07, 6.45) is 0.0835. The van der Waals surface area contributed by atoms with Crippen molar-refractivity contribution in [1.82, 2.24) is 9.97 Å². The van der Waals surface area contributed by atoms with Crippen molar-refractivity contribution in [3.8, 4) is 0 Å². The number of para-hydroxylation sites is 2. The lowest BCUT2D eigenvalue weighted by Crippen LogP contribution is -2.17. The van der Waals surface area contributed by atoms with Crippen LogP contribution in [-0.4, -0.2) is 15.8 Å². The van der Waals surface area contributed by atoms with Gasteiger partial charge in [0.2, 0.25) is 0 Å². The number of rotatable bonds is 2. The molecule has 1 aromatic heterocycles. The van der Waals surface area contributed by atoms with E-state index >= 15 is 0 Å². The molecule has 0 atom stereocenters. The molecule has 0 saturated heterocycles. The number of hydrogen-bond donors (Lipinski definition) is 1. The van der Waals surface area contributed by atoms with Gasteiger partial charge in [0.05, 0.1) is 17.5 Å². The van der Waals surface area contributed by atoms with Crippen LogP contribution in [0, 0.1) is 0 Å². The summed E-state index contributed by atoms with van der Waals surface area (Å²) < 4.78 is 0. The number of Topliss-reactive ketones (excluding diaryl/α,β-unsaturated/α-hetero) is 1. The minimum Gasteiger partial charge on any atom is -0.319 e. The van der Waals surface area contributed by atoms with E-state index in [1.807, 2.05) is 12.1 Å². The first-order valence-corrected chi connectivity index (χ1v) is 4.64. The Morgan fingerprint density at radius 1 is 1.40 bits per heavy atom. The SMILES string of the molecule is CC(=O)Cc1nc2ccccc2[nH]c1=O. The first-order valence-electron chi connectivity index (χ1n) is 4.64. The molecule has 76 valence electrons. The zero-order valence-corrected chi connectivity index (χ0v) is 8.28. The minimum absolute atomic E-state index is 0.0664. The van der Waals surface area contributed by atoms with E-state index in [2.05, 4.69) is 9.97 Å². The fourth-order valence-corrected chi connectivity index (χ4v) is 1.42. The number of aromatic nitrogens is 2. The van der Waals surface area contributed by atoms with E-state index in [4.69, 9.17) is 0 Å². The molecule has 0 unspecified atom stereocenters. The number of nitrogens with one attached hydrogen (secondary N) is 1. The molecular weight excluding hydrogens is 192 g/mol. The quantitative estimate of drug-likeness (QED) is 0.791. The van der Waals surface area contributed by atoms with Crippen molar-refractivity contribution in [3.05, 3.63) is 40.3 Å². The number of H-pyrrole nitrogens is 1. The van der Waals surface area contributed by atoms with Crippen molar-refractivity contribution in [1.29, 1.82) is 0 Å². The minimum atomic E-state index is -0.288. The smallest absolute Gasteiger partial charge is 0.270 e. The third-order valence-electron chi connectivity index (χ3n) is 2.09. The summed E-state index contributed by atoms with van der Waals surface area (Å²) >= 11 is 0. The summed E-state index contributed by atoms with van der Waals surface area (Å²) in [5, 5.41) is 0. The van der Waals surface area contributed by atoms with Crippen molar-refractivity contribution in [3.63, 3.8) is 0 Å². The van der Waals surface area contributed by atoms with E-state index in [0.29, 0.717) is 11.0 Å².